The second kappa shape index (κ2) is 4.18. The fourth-order valence-electron chi connectivity index (χ4n) is 1.33. The highest BCUT2D eigenvalue weighted by Crippen LogP contribution is 2.09. The summed E-state index contributed by atoms with van der Waals surface area (Å²) in [7, 11) is 0. The van der Waals surface area contributed by atoms with Gasteiger partial charge in [0.25, 0.3) is 0 Å². The van der Waals surface area contributed by atoms with Crippen LogP contribution in [0.2, 0.25) is 0 Å². The molecule has 82 valence electrons. The van der Waals surface area contributed by atoms with Crippen LogP contribution in [0.4, 0.5) is 0 Å². The zero-order chi connectivity index (χ0) is 11.5. The van der Waals surface area contributed by atoms with Crippen molar-refractivity contribution in [2.24, 2.45) is 0 Å². The van der Waals surface area contributed by atoms with Crippen LogP contribution in [0, 0.1) is 0 Å². The van der Waals surface area contributed by atoms with Crippen molar-refractivity contribution in [1.82, 2.24) is 9.38 Å². The molecule has 0 fully saturated rings. The molecule has 0 N–H and O–H groups in total. The smallest absolute Gasteiger partial charge is 0.338 e. The van der Waals surface area contributed by atoms with Crippen molar-refractivity contribution in [2.45, 2.75) is 13.0 Å². The molecular weight excluding hydrogens is 204 g/mol. The van der Waals surface area contributed by atoms with E-state index in [-0.39, 0.29) is 12.1 Å². The van der Waals surface area contributed by atoms with Crippen LogP contribution in [0.25, 0.3) is 5.52 Å². The molecule has 2 heterocycles. The monoisotopic (exact) mass is 216 g/mol. The summed E-state index contributed by atoms with van der Waals surface area (Å²) in [6.07, 6.45) is 6.44. The lowest BCUT2D eigenvalue weighted by Gasteiger charge is -2.08. The molecule has 0 aliphatic heterocycles. The second-order valence-electron chi connectivity index (χ2n) is 3.49. The number of carbonyl (C=O) groups is 1. The number of fused-ring (bicyclic) bond motifs is 1. The van der Waals surface area contributed by atoms with Crippen molar-refractivity contribution >= 4 is 11.5 Å². The van der Waals surface area contributed by atoms with Gasteiger partial charge in [0.05, 0.1) is 23.6 Å². The highest BCUT2D eigenvalue weighted by Gasteiger charge is 2.10. The van der Waals surface area contributed by atoms with Gasteiger partial charge in [-0.2, -0.15) is 0 Å². The summed E-state index contributed by atoms with van der Waals surface area (Å²) < 4.78 is 6.95. The fourth-order valence-corrected chi connectivity index (χ4v) is 1.33. The lowest BCUT2D eigenvalue weighted by Crippen LogP contribution is -2.12. The third-order valence-corrected chi connectivity index (χ3v) is 2.27. The Morgan fingerprint density at radius 2 is 2.50 bits per heavy atom. The number of aromatic nitrogens is 2. The molecule has 1 unspecified atom stereocenters. The van der Waals surface area contributed by atoms with Gasteiger partial charge >= 0.3 is 5.97 Å². The summed E-state index contributed by atoms with van der Waals surface area (Å²) in [6, 6.07) is 3.44. The van der Waals surface area contributed by atoms with Gasteiger partial charge < -0.3 is 9.14 Å². The number of carbonyl (C=O) groups excluding carboxylic acids is 1. The first-order chi connectivity index (χ1) is 7.70. The van der Waals surface area contributed by atoms with Crippen molar-refractivity contribution in [3.8, 4) is 0 Å². The Labute approximate surface area is 93.2 Å². The molecule has 0 aromatic carbocycles. The third kappa shape index (κ3) is 1.95. The Bertz CT molecular complexity index is 531. The predicted molar refractivity (Wildman–Crippen MR) is 60.3 cm³/mol. The number of imidazole rings is 1. The second-order valence-corrected chi connectivity index (χ2v) is 3.49. The first-order valence-corrected chi connectivity index (χ1v) is 4.96. The zero-order valence-electron chi connectivity index (χ0n) is 8.96. The largest absolute Gasteiger partial charge is 0.455 e. The average Bonchev–Trinajstić information content (AvgIpc) is 2.75. The van der Waals surface area contributed by atoms with Gasteiger partial charge in [-0.25, -0.2) is 9.78 Å². The van der Waals surface area contributed by atoms with E-state index in [1.165, 1.54) is 0 Å². The molecule has 0 bridgehead atoms. The van der Waals surface area contributed by atoms with Crippen LogP contribution in [0.15, 0.2) is 43.5 Å². The van der Waals surface area contributed by atoms with Crippen molar-refractivity contribution in [3.63, 3.8) is 0 Å². The lowest BCUT2D eigenvalue weighted by molar-refractivity contribution is 0.0425. The first-order valence-electron chi connectivity index (χ1n) is 4.96. The third-order valence-electron chi connectivity index (χ3n) is 2.27. The van der Waals surface area contributed by atoms with E-state index in [1.807, 2.05) is 4.40 Å². The van der Waals surface area contributed by atoms with E-state index in [0.29, 0.717) is 5.56 Å². The van der Waals surface area contributed by atoms with Gasteiger partial charge in [0.2, 0.25) is 0 Å². The van der Waals surface area contributed by atoms with E-state index in [2.05, 4.69) is 11.6 Å². The van der Waals surface area contributed by atoms with Gasteiger partial charge in [-0.3, -0.25) is 0 Å². The first kappa shape index (κ1) is 10.4. The van der Waals surface area contributed by atoms with Crippen LogP contribution in [0.5, 0.6) is 0 Å². The molecule has 1 atom stereocenters. The van der Waals surface area contributed by atoms with Gasteiger partial charge in [-0.1, -0.05) is 12.7 Å². The standard InChI is InChI=1S/C12H12N2O2/c1-3-9(2)16-12(15)10-4-5-14-8-13-7-11(14)6-10/h3-9H,1H2,2H3. The molecule has 16 heavy (non-hydrogen) atoms. The number of pyridine rings is 1. The number of rotatable bonds is 3. The molecule has 4 nitrogen and oxygen atoms in total. The number of ether oxygens (including phenoxy) is 1. The summed E-state index contributed by atoms with van der Waals surface area (Å²) in [6.45, 7) is 5.32. The topological polar surface area (TPSA) is 43.6 Å². The summed E-state index contributed by atoms with van der Waals surface area (Å²) in [4.78, 5) is 15.7. The predicted octanol–water partition coefficient (Wildman–Crippen LogP) is 2.07. The molecule has 2 rings (SSSR count). The van der Waals surface area contributed by atoms with Crippen LogP contribution in [-0.2, 0) is 4.74 Å². The Balaban J connectivity index is 2.25. The van der Waals surface area contributed by atoms with E-state index in [0.717, 1.165) is 5.52 Å². The molecule has 2 aromatic rings. The van der Waals surface area contributed by atoms with E-state index < -0.39 is 0 Å². The van der Waals surface area contributed by atoms with Gasteiger partial charge in [0, 0.05) is 6.20 Å². The Kier molecular flexibility index (Phi) is 2.72. The van der Waals surface area contributed by atoms with Crippen molar-refractivity contribution < 1.29 is 9.53 Å². The van der Waals surface area contributed by atoms with Crippen molar-refractivity contribution in [3.05, 3.63) is 49.1 Å². The van der Waals surface area contributed by atoms with Crippen LogP contribution >= 0.6 is 0 Å². The fraction of sp³-hybridized carbons (Fsp3) is 0.167. The van der Waals surface area contributed by atoms with Gasteiger partial charge in [-0.15, -0.1) is 0 Å². The van der Waals surface area contributed by atoms with Gasteiger partial charge in [-0.05, 0) is 19.1 Å². The van der Waals surface area contributed by atoms with E-state index >= 15 is 0 Å². The number of esters is 1. The quantitative estimate of drug-likeness (QED) is 0.582. The van der Waals surface area contributed by atoms with E-state index in [1.54, 1.807) is 43.9 Å². The van der Waals surface area contributed by atoms with Crippen LogP contribution in [0.3, 0.4) is 0 Å². The summed E-state index contributed by atoms with van der Waals surface area (Å²) in [5.74, 6) is -0.351. The summed E-state index contributed by atoms with van der Waals surface area (Å²) >= 11 is 0. The summed E-state index contributed by atoms with van der Waals surface area (Å²) in [5.41, 5.74) is 1.38. The maximum atomic E-state index is 11.7. The van der Waals surface area contributed by atoms with Gasteiger partial charge in [0.1, 0.15) is 6.10 Å². The van der Waals surface area contributed by atoms with Crippen molar-refractivity contribution in [1.29, 1.82) is 0 Å². The highest BCUT2D eigenvalue weighted by atomic mass is 16.5. The molecule has 2 aromatic heterocycles. The van der Waals surface area contributed by atoms with Crippen LogP contribution in [0.1, 0.15) is 17.3 Å². The normalized spacial score (nSPS) is 12.3. The van der Waals surface area contributed by atoms with Crippen molar-refractivity contribution in [2.75, 3.05) is 0 Å². The summed E-state index contributed by atoms with van der Waals surface area (Å²) in [5, 5.41) is 0. The molecule has 0 spiro atoms. The zero-order valence-corrected chi connectivity index (χ0v) is 8.96. The molecule has 0 saturated carbocycles. The van der Waals surface area contributed by atoms with Gasteiger partial charge in [0.15, 0.2) is 0 Å². The number of hydrogen-bond donors (Lipinski definition) is 0. The molecular formula is C12H12N2O2. The molecule has 0 radical (unpaired) electrons. The molecule has 0 aliphatic carbocycles. The Hall–Kier alpha value is -2.10. The van der Waals surface area contributed by atoms with Crippen LogP contribution < -0.4 is 0 Å². The Morgan fingerprint density at radius 3 is 3.25 bits per heavy atom. The molecule has 0 saturated heterocycles. The molecule has 0 amide bonds. The van der Waals surface area contributed by atoms with E-state index in [9.17, 15) is 4.79 Å². The molecule has 4 heteroatoms. The SMILES string of the molecule is C=CC(C)OC(=O)c1ccn2cncc2c1. The maximum Gasteiger partial charge on any atom is 0.338 e. The Morgan fingerprint density at radius 1 is 1.69 bits per heavy atom. The van der Waals surface area contributed by atoms with E-state index in [4.69, 9.17) is 4.74 Å². The average molecular weight is 216 g/mol. The number of hydrogen-bond acceptors (Lipinski definition) is 3. The highest BCUT2D eigenvalue weighted by molar-refractivity contribution is 5.90. The number of nitrogens with zero attached hydrogens (tertiary/aromatic N) is 2. The molecule has 0 aliphatic rings. The minimum absolute atomic E-state index is 0.284. The maximum absolute atomic E-state index is 11.7. The minimum Gasteiger partial charge on any atom is -0.455 e. The minimum atomic E-state index is -0.351. The lowest BCUT2D eigenvalue weighted by atomic mass is 10.2. The van der Waals surface area contributed by atoms with Crippen LogP contribution in [-0.4, -0.2) is 21.5 Å².